The molecule has 3 aromatic rings. The lowest BCUT2D eigenvalue weighted by atomic mass is 9.96. The van der Waals surface area contributed by atoms with E-state index in [1.807, 2.05) is 27.1 Å². The molecule has 0 aliphatic rings. The van der Waals surface area contributed by atoms with Crippen molar-refractivity contribution in [2.75, 3.05) is 0 Å². The Balaban J connectivity index is 0.000000344. The van der Waals surface area contributed by atoms with Gasteiger partial charge in [-0.05, 0) is 70.4 Å². The van der Waals surface area contributed by atoms with Crippen LogP contribution < -0.4 is 0 Å². The number of aromatic nitrogens is 2. The molecule has 0 spiro atoms. The Morgan fingerprint density at radius 3 is 2.10 bits per heavy atom. The molecule has 2 heteroatoms. The van der Waals surface area contributed by atoms with Gasteiger partial charge in [-0.15, -0.1) is 5.73 Å². The molecule has 0 fully saturated rings. The van der Waals surface area contributed by atoms with Crippen LogP contribution in [0.3, 0.4) is 0 Å². The van der Waals surface area contributed by atoms with Gasteiger partial charge in [-0.3, -0.25) is 4.68 Å². The minimum atomic E-state index is 0. The largest absolute Gasteiger partial charge is 0.275 e. The molecule has 0 saturated heterocycles. The summed E-state index contributed by atoms with van der Waals surface area (Å²) in [6, 6.07) is 16.9. The van der Waals surface area contributed by atoms with Crippen molar-refractivity contribution < 1.29 is 0 Å². The third-order valence-electron chi connectivity index (χ3n) is 4.61. The van der Waals surface area contributed by atoms with Crippen LogP contribution in [0.1, 0.15) is 57.5 Å². The fourth-order valence-corrected chi connectivity index (χ4v) is 2.95. The molecule has 0 bridgehead atoms. The molecule has 0 aliphatic carbocycles. The van der Waals surface area contributed by atoms with Gasteiger partial charge in [0.25, 0.3) is 0 Å². The van der Waals surface area contributed by atoms with Gasteiger partial charge < -0.3 is 0 Å². The summed E-state index contributed by atoms with van der Waals surface area (Å²) >= 11 is 0. The molecule has 1 heterocycles. The maximum Gasteiger partial charge on any atom is 0.0674 e. The zero-order valence-electron chi connectivity index (χ0n) is 19.3. The molecule has 0 aliphatic heterocycles. The first-order valence-corrected chi connectivity index (χ1v) is 10.2. The zero-order chi connectivity index (χ0) is 22.3. The van der Waals surface area contributed by atoms with E-state index in [0.717, 1.165) is 22.4 Å². The van der Waals surface area contributed by atoms with Gasteiger partial charge in [-0.25, -0.2) is 0 Å². The summed E-state index contributed by atoms with van der Waals surface area (Å²) in [5.74, 6) is 6.49. The van der Waals surface area contributed by atoms with Crippen LogP contribution in [-0.2, 0) is 7.05 Å². The van der Waals surface area contributed by atoms with E-state index in [1.165, 1.54) is 16.7 Å². The van der Waals surface area contributed by atoms with Crippen LogP contribution in [0.2, 0.25) is 0 Å². The van der Waals surface area contributed by atoms with Crippen LogP contribution in [0.25, 0.3) is 16.7 Å². The third-order valence-corrected chi connectivity index (χ3v) is 4.61. The van der Waals surface area contributed by atoms with Gasteiger partial charge in [-0.2, -0.15) is 5.10 Å². The molecule has 31 heavy (non-hydrogen) atoms. The molecule has 162 valence electrons. The molecule has 0 unspecified atom stereocenters. The van der Waals surface area contributed by atoms with Crippen LogP contribution in [-0.4, -0.2) is 9.78 Å². The van der Waals surface area contributed by atoms with E-state index in [9.17, 15) is 0 Å². The summed E-state index contributed by atoms with van der Waals surface area (Å²) in [6.45, 7) is 16.1. The Morgan fingerprint density at radius 1 is 1.00 bits per heavy atom. The maximum atomic E-state index is 4.21. The second-order valence-electron chi connectivity index (χ2n) is 8.50. The van der Waals surface area contributed by atoms with E-state index in [2.05, 4.69) is 105 Å². The highest BCUT2D eigenvalue weighted by atomic mass is 15.2. The zero-order valence-corrected chi connectivity index (χ0v) is 19.3. The number of aryl methyl sites for hydroxylation is 3. The highest BCUT2D eigenvalue weighted by molar-refractivity contribution is 5.67. The predicted octanol–water partition coefficient (Wildman–Crippen LogP) is 7.61. The summed E-state index contributed by atoms with van der Waals surface area (Å²) in [7, 11) is 1.91. The van der Waals surface area contributed by atoms with E-state index in [0.29, 0.717) is 0 Å². The van der Waals surface area contributed by atoms with Crippen LogP contribution in [0.5, 0.6) is 0 Å². The molecule has 0 amide bonds. The third kappa shape index (κ3) is 7.82. The van der Waals surface area contributed by atoms with Gasteiger partial charge in [0.05, 0.1) is 5.69 Å². The first-order chi connectivity index (χ1) is 14.1. The van der Waals surface area contributed by atoms with Crippen molar-refractivity contribution in [1.82, 2.24) is 9.78 Å². The van der Waals surface area contributed by atoms with Crippen molar-refractivity contribution in [1.29, 1.82) is 0 Å². The number of hydrogen-bond acceptors (Lipinski definition) is 1. The summed E-state index contributed by atoms with van der Waals surface area (Å²) in [6.07, 6.45) is 1.98. The van der Waals surface area contributed by atoms with Crippen LogP contribution in [0, 0.1) is 31.1 Å². The number of allylic oxidation sites excluding steroid dienone is 1. The number of benzene rings is 2. The van der Waals surface area contributed by atoms with Crippen molar-refractivity contribution in [3.63, 3.8) is 0 Å². The number of rotatable bonds is 2. The second kappa shape index (κ2) is 11.2. The second-order valence-corrected chi connectivity index (χ2v) is 8.50. The van der Waals surface area contributed by atoms with Crippen LogP contribution in [0.4, 0.5) is 0 Å². The minimum absolute atomic E-state index is 0. The van der Waals surface area contributed by atoms with Crippen molar-refractivity contribution in [3.05, 3.63) is 89.4 Å². The SMILES string of the molecule is C.C=C=C(C)c1cn(C)nc1C.Cc1ccccc1-c1ccc(C#CC(C)(C)C)cc1. The summed E-state index contributed by atoms with van der Waals surface area (Å²) in [5, 5.41) is 4.21. The average molecular weight is 413 g/mol. The molecule has 0 saturated carbocycles. The van der Waals surface area contributed by atoms with Gasteiger partial charge in [0, 0.05) is 35.4 Å². The quantitative estimate of drug-likeness (QED) is 0.313. The Hall–Kier alpha value is -3.27. The first-order valence-electron chi connectivity index (χ1n) is 10.2. The van der Waals surface area contributed by atoms with Gasteiger partial charge in [0.1, 0.15) is 0 Å². The van der Waals surface area contributed by atoms with Crippen molar-refractivity contribution in [2.24, 2.45) is 12.5 Å². The smallest absolute Gasteiger partial charge is 0.0674 e. The molecule has 0 atom stereocenters. The van der Waals surface area contributed by atoms with E-state index in [-0.39, 0.29) is 12.8 Å². The van der Waals surface area contributed by atoms with E-state index < -0.39 is 0 Å². The predicted molar refractivity (Wildman–Crippen MR) is 136 cm³/mol. The molecule has 0 radical (unpaired) electrons. The lowest BCUT2D eigenvalue weighted by molar-refractivity contribution is 0.571. The fourth-order valence-electron chi connectivity index (χ4n) is 2.95. The topological polar surface area (TPSA) is 17.8 Å². The molecule has 2 nitrogen and oxygen atoms in total. The molecule has 2 aromatic carbocycles. The molecule has 0 N–H and O–H groups in total. The Morgan fingerprint density at radius 2 is 1.61 bits per heavy atom. The van der Waals surface area contributed by atoms with Crippen molar-refractivity contribution in [2.45, 2.75) is 49.0 Å². The average Bonchev–Trinajstić information content (AvgIpc) is 3.05. The minimum Gasteiger partial charge on any atom is -0.275 e. The van der Waals surface area contributed by atoms with E-state index in [4.69, 9.17) is 0 Å². The lowest BCUT2D eigenvalue weighted by Gasteiger charge is -2.07. The van der Waals surface area contributed by atoms with Crippen LogP contribution >= 0.6 is 0 Å². The van der Waals surface area contributed by atoms with E-state index >= 15 is 0 Å². The van der Waals surface area contributed by atoms with Crippen LogP contribution in [0.15, 0.2) is 67.0 Å². The highest BCUT2D eigenvalue weighted by Gasteiger charge is 2.04. The lowest BCUT2D eigenvalue weighted by Crippen LogP contribution is -1.99. The van der Waals surface area contributed by atoms with Gasteiger partial charge in [0.15, 0.2) is 0 Å². The maximum absolute atomic E-state index is 4.21. The summed E-state index contributed by atoms with van der Waals surface area (Å²) in [5.41, 5.74) is 11.0. The normalized spacial score (nSPS) is 9.90. The van der Waals surface area contributed by atoms with Crippen molar-refractivity contribution in [3.8, 4) is 23.0 Å². The fraction of sp³-hybridized carbons (Fsp3) is 0.310. The highest BCUT2D eigenvalue weighted by Crippen LogP contribution is 2.23. The van der Waals surface area contributed by atoms with Crippen molar-refractivity contribution >= 4 is 5.57 Å². The van der Waals surface area contributed by atoms with Gasteiger partial charge in [-0.1, -0.05) is 62.2 Å². The van der Waals surface area contributed by atoms with Gasteiger partial charge >= 0.3 is 0 Å². The Bertz CT molecular complexity index is 1100. The summed E-state index contributed by atoms with van der Waals surface area (Å²) < 4.78 is 1.80. The standard InChI is InChI=1S/C19H20.C9H12N2.CH4/c1-15-7-5-6-8-18(15)17-11-9-16(10-12-17)13-14-19(2,3)4;1-5-7(2)9-6-11(4)10-8(9)3;/h5-12H,1-4H3;6H,1H2,2-4H3;1H4. The monoisotopic (exact) mass is 412 g/mol. The molecular weight excluding hydrogens is 376 g/mol. The molecule has 3 rings (SSSR count). The molecule has 1 aromatic heterocycles. The first kappa shape index (κ1) is 25.8. The van der Waals surface area contributed by atoms with Gasteiger partial charge in [0.2, 0.25) is 0 Å². The Kier molecular flexibility index (Phi) is 9.32. The number of hydrogen-bond donors (Lipinski definition) is 0. The number of nitrogens with zero attached hydrogens (tertiary/aromatic N) is 2. The summed E-state index contributed by atoms with van der Waals surface area (Å²) in [4.78, 5) is 0. The van der Waals surface area contributed by atoms with E-state index in [1.54, 1.807) is 4.68 Å². The molecular formula is C29H36N2. The Labute approximate surface area is 189 Å².